The quantitative estimate of drug-likeness (QED) is 0.515. The fourth-order valence-corrected chi connectivity index (χ4v) is 3.40. The first kappa shape index (κ1) is 25.7. The number of imidazole rings is 1. The number of carboxylic acid groups (broad SMARTS) is 1. The van der Waals surface area contributed by atoms with Gasteiger partial charge in [-0.25, -0.2) is 23.9 Å². The van der Waals surface area contributed by atoms with E-state index in [0.29, 0.717) is 22.4 Å². The van der Waals surface area contributed by atoms with E-state index in [1.165, 1.54) is 21.6 Å². The van der Waals surface area contributed by atoms with Gasteiger partial charge in [-0.15, -0.1) is 0 Å². The van der Waals surface area contributed by atoms with Gasteiger partial charge < -0.3 is 14.6 Å². The van der Waals surface area contributed by atoms with Crippen LogP contribution in [0.2, 0.25) is 0 Å². The van der Waals surface area contributed by atoms with Gasteiger partial charge in [0.1, 0.15) is 17.0 Å². The number of hydrogen-bond donors (Lipinski definition) is 1. The van der Waals surface area contributed by atoms with Crippen molar-refractivity contribution in [2.24, 2.45) is 0 Å². The smallest absolute Gasteiger partial charge is 0.420 e. The fraction of sp³-hybridized carbons (Fsp3) is 0.385. The molecule has 1 heterocycles. The van der Waals surface area contributed by atoms with Crippen LogP contribution in [0.3, 0.4) is 0 Å². The number of aromatic carboxylic acids is 1. The molecule has 1 N–H and O–H groups in total. The molecule has 3 rings (SSSR count). The molecule has 0 unspecified atom stereocenters. The Morgan fingerprint density at radius 3 is 2.20 bits per heavy atom. The molecule has 0 saturated carbocycles. The monoisotopic (exact) mass is 481 g/mol. The van der Waals surface area contributed by atoms with Gasteiger partial charge in [0.2, 0.25) is 0 Å². The maximum Gasteiger partial charge on any atom is 0.420 e. The Morgan fingerprint density at radius 1 is 0.914 bits per heavy atom. The molecule has 0 fully saturated rings. The zero-order chi connectivity index (χ0) is 26.0. The summed E-state index contributed by atoms with van der Waals surface area (Å²) in [4.78, 5) is 43.6. The SMILES string of the molecule is CC(C)(C)OC(=O)N(Cc1cccc(C(=O)O)c1)Cc1nc2ccccc2n1C(=O)OC(C)(C)C. The lowest BCUT2D eigenvalue weighted by Crippen LogP contribution is -2.37. The van der Waals surface area contributed by atoms with Crippen molar-refractivity contribution in [1.29, 1.82) is 0 Å². The van der Waals surface area contributed by atoms with E-state index in [0.717, 1.165) is 0 Å². The number of carbonyl (C=O) groups is 3. The number of rotatable bonds is 5. The highest BCUT2D eigenvalue weighted by molar-refractivity contribution is 5.88. The van der Waals surface area contributed by atoms with Crippen molar-refractivity contribution in [3.8, 4) is 0 Å². The molecule has 0 aliphatic heterocycles. The molecule has 35 heavy (non-hydrogen) atoms. The zero-order valence-electron chi connectivity index (χ0n) is 20.9. The highest BCUT2D eigenvalue weighted by Gasteiger charge is 2.28. The van der Waals surface area contributed by atoms with Gasteiger partial charge in [-0.05, 0) is 71.4 Å². The average Bonchev–Trinajstić information content (AvgIpc) is 3.09. The minimum Gasteiger partial charge on any atom is -0.478 e. The number of aromatic nitrogens is 2. The van der Waals surface area contributed by atoms with Crippen molar-refractivity contribution in [1.82, 2.24) is 14.5 Å². The minimum absolute atomic E-state index is 0.0492. The van der Waals surface area contributed by atoms with Gasteiger partial charge in [0.15, 0.2) is 0 Å². The van der Waals surface area contributed by atoms with Gasteiger partial charge in [0.05, 0.1) is 23.1 Å². The predicted molar refractivity (Wildman–Crippen MR) is 130 cm³/mol. The summed E-state index contributed by atoms with van der Waals surface area (Å²) in [6, 6.07) is 13.4. The standard InChI is InChI=1S/C26H31N3O6/c1-25(2,3)34-23(32)28(15-17-10-9-11-18(14-17)22(30)31)16-21-27-19-12-7-8-13-20(19)29(21)24(33)35-26(4,5)6/h7-14H,15-16H2,1-6H3,(H,30,31). The van der Waals surface area contributed by atoms with Crippen LogP contribution in [0.25, 0.3) is 11.0 Å². The number of carbonyl (C=O) groups excluding carboxylic acids is 2. The third-order valence-electron chi connectivity index (χ3n) is 4.74. The van der Waals surface area contributed by atoms with E-state index >= 15 is 0 Å². The van der Waals surface area contributed by atoms with Crippen LogP contribution >= 0.6 is 0 Å². The molecule has 0 aliphatic carbocycles. The molecule has 0 radical (unpaired) electrons. The third-order valence-corrected chi connectivity index (χ3v) is 4.74. The number of nitrogens with zero attached hydrogens (tertiary/aromatic N) is 3. The summed E-state index contributed by atoms with van der Waals surface area (Å²) in [7, 11) is 0. The third kappa shape index (κ3) is 6.81. The van der Waals surface area contributed by atoms with E-state index in [1.54, 1.807) is 71.9 Å². The minimum atomic E-state index is -1.07. The lowest BCUT2D eigenvalue weighted by atomic mass is 10.1. The Labute approximate surface area is 204 Å². The molecule has 0 aliphatic rings. The molecule has 0 saturated heterocycles. The van der Waals surface area contributed by atoms with E-state index < -0.39 is 29.4 Å². The summed E-state index contributed by atoms with van der Waals surface area (Å²) in [6.07, 6.45) is -1.24. The molecule has 1 amide bonds. The maximum absolute atomic E-state index is 13.1. The van der Waals surface area contributed by atoms with Crippen LogP contribution < -0.4 is 0 Å². The van der Waals surface area contributed by atoms with Crippen LogP contribution in [0.5, 0.6) is 0 Å². The maximum atomic E-state index is 13.1. The van der Waals surface area contributed by atoms with E-state index in [-0.39, 0.29) is 18.7 Å². The Morgan fingerprint density at radius 2 is 1.57 bits per heavy atom. The second kappa shape index (κ2) is 9.77. The largest absolute Gasteiger partial charge is 0.478 e. The molecule has 1 aromatic heterocycles. The number of para-hydroxylation sites is 2. The second-order valence-electron chi connectivity index (χ2n) is 10.2. The lowest BCUT2D eigenvalue weighted by molar-refractivity contribution is 0.0203. The molecule has 0 spiro atoms. The first-order valence-corrected chi connectivity index (χ1v) is 11.2. The van der Waals surface area contributed by atoms with Crippen LogP contribution in [-0.2, 0) is 22.6 Å². The van der Waals surface area contributed by atoms with Crippen LogP contribution in [-0.4, -0.2) is 48.9 Å². The van der Waals surface area contributed by atoms with Crippen LogP contribution in [0, 0.1) is 0 Å². The van der Waals surface area contributed by atoms with Crippen LogP contribution in [0.1, 0.15) is 63.3 Å². The van der Waals surface area contributed by atoms with Crippen LogP contribution in [0.4, 0.5) is 9.59 Å². The fourth-order valence-electron chi connectivity index (χ4n) is 3.40. The van der Waals surface area contributed by atoms with Crippen molar-refractivity contribution < 1.29 is 29.0 Å². The van der Waals surface area contributed by atoms with E-state index in [9.17, 15) is 19.5 Å². The van der Waals surface area contributed by atoms with Crippen molar-refractivity contribution in [2.45, 2.75) is 65.8 Å². The van der Waals surface area contributed by atoms with E-state index in [2.05, 4.69) is 4.98 Å². The van der Waals surface area contributed by atoms with Gasteiger partial charge in [0.25, 0.3) is 0 Å². The molecular weight excluding hydrogens is 450 g/mol. The van der Waals surface area contributed by atoms with E-state index in [4.69, 9.17) is 9.47 Å². The van der Waals surface area contributed by atoms with Crippen molar-refractivity contribution in [2.75, 3.05) is 0 Å². The molecular formula is C26H31N3O6. The molecule has 0 atom stereocenters. The van der Waals surface area contributed by atoms with Crippen molar-refractivity contribution in [3.63, 3.8) is 0 Å². The first-order chi connectivity index (χ1) is 16.2. The summed E-state index contributed by atoms with van der Waals surface area (Å²) in [5.74, 6) is -0.775. The van der Waals surface area contributed by atoms with Gasteiger partial charge in [-0.2, -0.15) is 0 Å². The van der Waals surface area contributed by atoms with Gasteiger partial charge in [-0.1, -0.05) is 24.3 Å². The highest BCUT2D eigenvalue weighted by Crippen LogP contribution is 2.22. The predicted octanol–water partition coefficient (Wildman–Crippen LogP) is 5.46. The second-order valence-corrected chi connectivity index (χ2v) is 10.2. The first-order valence-electron chi connectivity index (χ1n) is 11.2. The Bertz CT molecular complexity index is 1250. The normalized spacial score (nSPS) is 11.8. The highest BCUT2D eigenvalue weighted by atomic mass is 16.6. The number of fused-ring (bicyclic) bond motifs is 1. The molecule has 186 valence electrons. The summed E-state index contributed by atoms with van der Waals surface area (Å²) < 4.78 is 12.5. The molecule has 9 heteroatoms. The molecule has 0 bridgehead atoms. The van der Waals surface area contributed by atoms with E-state index in [1.807, 2.05) is 6.07 Å². The number of carboxylic acids is 1. The summed E-state index contributed by atoms with van der Waals surface area (Å²) in [5, 5.41) is 9.34. The number of benzene rings is 2. The summed E-state index contributed by atoms with van der Waals surface area (Å²) >= 11 is 0. The van der Waals surface area contributed by atoms with Gasteiger partial charge >= 0.3 is 18.2 Å². The lowest BCUT2D eigenvalue weighted by Gasteiger charge is -2.28. The molecule has 9 nitrogen and oxygen atoms in total. The number of ether oxygens (including phenoxy) is 2. The Hall–Kier alpha value is -3.88. The molecule has 3 aromatic rings. The average molecular weight is 482 g/mol. The summed E-state index contributed by atoms with van der Waals surface area (Å²) in [6.45, 7) is 10.6. The van der Waals surface area contributed by atoms with Gasteiger partial charge in [0, 0.05) is 6.54 Å². The number of hydrogen-bond acceptors (Lipinski definition) is 6. The van der Waals surface area contributed by atoms with Crippen LogP contribution in [0.15, 0.2) is 48.5 Å². The number of amides is 1. The molecule has 2 aromatic carbocycles. The Kier molecular flexibility index (Phi) is 7.19. The van der Waals surface area contributed by atoms with Gasteiger partial charge in [-0.3, -0.25) is 4.90 Å². The van der Waals surface area contributed by atoms with Crippen molar-refractivity contribution in [3.05, 3.63) is 65.5 Å². The van der Waals surface area contributed by atoms with Crippen molar-refractivity contribution >= 4 is 29.2 Å². The zero-order valence-corrected chi connectivity index (χ0v) is 20.9. The summed E-state index contributed by atoms with van der Waals surface area (Å²) in [5.41, 5.74) is 0.327. The Balaban J connectivity index is 2.03. The topological polar surface area (TPSA) is 111 Å².